The standard InChI is InChI=1S/C17H23FN4.HI/c1-3-20-17(22-8-6-13(2)7-9-22)21-12-15-10-14(11-19)4-5-16(15)18;/h4-5,10,13H,3,6-9,12H2,1-2H3,(H,20,21);1H. The number of aliphatic imine (C=N–C) groups is 1. The van der Waals surface area contributed by atoms with Crippen LogP contribution in [0, 0.1) is 23.1 Å². The Morgan fingerprint density at radius 1 is 1.43 bits per heavy atom. The second-order valence-electron chi connectivity index (χ2n) is 5.76. The summed E-state index contributed by atoms with van der Waals surface area (Å²) in [5.74, 6) is 1.27. The van der Waals surface area contributed by atoms with Crippen molar-refractivity contribution in [2.45, 2.75) is 33.2 Å². The van der Waals surface area contributed by atoms with E-state index in [0.29, 0.717) is 11.1 Å². The highest BCUT2D eigenvalue weighted by molar-refractivity contribution is 14.0. The summed E-state index contributed by atoms with van der Waals surface area (Å²) < 4.78 is 13.8. The molecule has 1 aromatic rings. The molecule has 1 aliphatic heterocycles. The minimum atomic E-state index is -0.314. The molecule has 2 rings (SSSR count). The van der Waals surface area contributed by atoms with Gasteiger partial charge in [0.25, 0.3) is 0 Å². The van der Waals surface area contributed by atoms with Crippen molar-refractivity contribution in [1.29, 1.82) is 5.26 Å². The summed E-state index contributed by atoms with van der Waals surface area (Å²) in [4.78, 5) is 6.78. The van der Waals surface area contributed by atoms with E-state index in [1.807, 2.05) is 13.0 Å². The third-order valence-corrected chi connectivity index (χ3v) is 3.99. The van der Waals surface area contributed by atoms with Gasteiger partial charge in [-0.05, 0) is 43.9 Å². The maximum Gasteiger partial charge on any atom is 0.194 e. The summed E-state index contributed by atoms with van der Waals surface area (Å²) in [6.45, 7) is 7.28. The Balaban J connectivity index is 0.00000264. The van der Waals surface area contributed by atoms with Crippen LogP contribution < -0.4 is 5.32 Å². The first kappa shape index (κ1) is 19.7. The van der Waals surface area contributed by atoms with Crippen molar-refractivity contribution in [3.05, 3.63) is 35.1 Å². The average molecular weight is 430 g/mol. The lowest BCUT2D eigenvalue weighted by molar-refractivity contribution is 0.273. The van der Waals surface area contributed by atoms with E-state index in [4.69, 9.17) is 5.26 Å². The smallest absolute Gasteiger partial charge is 0.194 e. The molecule has 4 nitrogen and oxygen atoms in total. The molecule has 23 heavy (non-hydrogen) atoms. The van der Waals surface area contributed by atoms with Gasteiger partial charge in [0, 0.05) is 25.2 Å². The number of nitrogens with one attached hydrogen (secondary N) is 1. The summed E-state index contributed by atoms with van der Waals surface area (Å²) in [5, 5.41) is 12.2. The van der Waals surface area contributed by atoms with Crippen molar-refractivity contribution in [2.24, 2.45) is 10.9 Å². The van der Waals surface area contributed by atoms with E-state index in [0.717, 1.165) is 44.4 Å². The fourth-order valence-corrected chi connectivity index (χ4v) is 2.57. The van der Waals surface area contributed by atoms with Crippen LogP contribution in [-0.4, -0.2) is 30.5 Å². The molecule has 1 N–H and O–H groups in total. The second kappa shape index (κ2) is 9.71. The Hall–Kier alpha value is -1.36. The van der Waals surface area contributed by atoms with E-state index in [1.54, 1.807) is 6.07 Å². The van der Waals surface area contributed by atoms with Crippen molar-refractivity contribution in [2.75, 3.05) is 19.6 Å². The predicted molar refractivity (Wildman–Crippen MR) is 101 cm³/mol. The van der Waals surface area contributed by atoms with Crippen LogP contribution in [0.1, 0.15) is 37.8 Å². The minimum absolute atomic E-state index is 0. The fraction of sp³-hybridized carbons (Fsp3) is 0.529. The van der Waals surface area contributed by atoms with Crippen molar-refractivity contribution in [3.63, 3.8) is 0 Å². The number of halogens is 2. The highest BCUT2D eigenvalue weighted by Crippen LogP contribution is 2.17. The molecule has 0 amide bonds. The minimum Gasteiger partial charge on any atom is -0.357 e. The van der Waals surface area contributed by atoms with Crippen LogP contribution in [0.15, 0.2) is 23.2 Å². The molecule has 0 bridgehead atoms. The zero-order chi connectivity index (χ0) is 15.9. The Bertz CT molecular complexity index is 574. The van der Waals surface area contributed by atoms with E-state index in [9.17, 15) is 4.39 Å². The fourth-order valence-electron chi connectivity index (χ4n) is 2.57. The number of hydrogen-bond acceptors (Lipinski definition) is 2. The van der Waals surface area contributed by atoms with Gasteiger partial charge in [-0.1, -0.05) is 6.92 Å². The topological polar surface area (TPSA) is 51.4 Å². The van der Waals surface area contributed by atoms with E-state index >= 15 is 0 Å². The molecule has 1 saturated heterocycles. The summed E-state index contributed by atoms with van der Waals surface area (Å²) >= 11 is 0. The molecular formula is C17H24FIN4. The lowest BCUT2D eigenvalue weighted by atomic mass is 10.00. The zero-order valence-electron chi connectivity index (χ0n) is 13.7. The number of piperidine rings is 1. The molecule has 0 aromatic heterocycles. The van der Waals surface area contributed by atoms with Gasteiger partial charge in [-0.25, -0.2) is 9.38 Å². The number of hydrogen-bond donors (Lipinski definition) is 1. The number of nitriles is 1. The van der Waals surface area contributed by atoms with Crippen molar-refractivity contribution < 1.29 is 4.39 Å². The first-order valence-electron chi connectivity index (χ1n) is 7.85. The molecule has 0 spiro atoms. The van der Waals surface area contributed by atoms with Crippen LogP contribution >= 0.6 is 24.0 Å². The number of rotatable bonds is 3. The molecule has 0 saturated carbocycles. The van der Waals surface area contributed by atoms with Gasteiger partial charge in [0.05, 0.1) is 18.2 Å². The average Bonchev–Trinajstić information content (AvgIpc) is 2.53. The molecule has 0 aliphatic carbocycles. The second-order valence-corrected chi connectivity index (χ2v) is 5.76. The predicted octanol–water partition coefficient (Wildman–Crippen LogP) is 3.51. The number of benzene rings is 1. The van der Waals surface area contributed by atoms with Crippen molar-refractivity contribution in [3.8, 4) is 6.07 Å². The van der Waals surface area contributed by atoms with Crippen LogP contribution in [0.3, 0.4) is 0 Å². The van der Waals surface area contributed by atoms with Gasteiger partial charge < -0.3 is 10.2 Å². The molecular weight excluding hydrogens is 406 g/mol. The van der Waals surface area contributed by atoms with Gasteiger partial charge >= 0.3 is 0 Å². The third-order valence-electron chi connectivity index (χ3n) is 3.99. The number of nitrogens with zero attached hydrogens (tertiary/aromatic N) is 3. The molecule has 0 unspecified atom stereocenters. The highest BCUT2D eigenvalue weighted by atomic mass is 127. The SMILES string of the molecule is CCNC(=NCc1cc(C#N)ccc1F)N1CCC(C)CC1.I. The Labute approximate surface area is 154 Å². The molecule has 0 radical (unpaired) electrons. The van der Waals surface area contributed by atoms with Crippen LogP contribution in [0.2, 0.25) is 0 Å². The van der Waals surface area contributed by atoms with Gasteiger partial charge in [-0.15, -0.1) is 24.0 Å². The molecule has 1 aromatic carbocycles. The lowest BCUT2D eigenvalue weighted by Gasteiger charge is -2.33. The van der Waals surface area contributed by atoms with Crippen LogP contribution in [0.4, 0.5) is 4.39 Å². The largest absolute Gasteiger partial charge is 0.357 e. The maximum atomic E-state index is 13.8. The molecule has 0 atom stereocenters. The highest BCUT2D eigenvalue weighted by Gasteiger charge is 2.18. The first-order valence-corrected chi connectivity index (χ1v) is 7.85. The number of likely N-dealkylation sites (tertiary alicyclic amines) is 1. The Morgan fingerprint density at radius 3 is 2.74 bits per heavy atom. The third kappa shape index (κ3) is 5.65. The van der Waals surface area contributed by atoms with Crippen LogP contribution in [-0.2, 0) is 6.54 Å². The van der Waals surface area contributed by atoms with Crippen molar-refractivity contribution in [1.82, 2.24) is 10.2 Å². The summed E-state index contributed by atoms with van der Waals surface area (Å²) in [5.41, 5.74) is 0.920. The zero-order valence-corrected chi connectivity index (χ0v) is 16.0. The van der Waals surface area contributed by atoms with Crippen LogP contribution in [0.5, 0.6) is 0 Å². The summed E-state index contributed by atoms with van der Waals surface area (Å²) in [6.07, 6.45) is 2.31. The normalized spacial score (nSPS) is 15.7. The van der Waals surface area contributed by atoms with E-state index in [-0.39, 0.29) is 36.3 Å². The van der Waals surface area contributed by atoms with E-state index in [1.165, 1.54) is 12.1 Å². The van der Waals surface area contributed by atoms with Gasteiger partial charge in [0.15, 0.2) is 5.96 Å². The molecule has 126 valence electrons. The Kier molecular flexibility index (Phi) is 8.31. The molecule has 6 heteroatoms. The van der Waals surface area contributed by atoms with Crippen molar-refractivity contribution >= 4 is 29.9 Å². The molecule has 1 fully saturated rings. The molecule has 1 aliphatic rings. The van der Waals surface area contributed by atoms with E-state index in [2.05, 4.69) is 22.1 Å². The van der Waals surface area contributed by atoms with Gasteiger partial charge in [-0.3, -0.25) is 0 Å². The lowest BCUT2D eigenvalue weighted by Crippen LogP contribution is -2.45. The van der Waals surface area contributed by atoms with Gasteiger partial charge in [-0.2, -0.15) is 5.26 Å². The van der Waals surface area contributed by atoms with Crippen LogP contribution in [0.25, 0.3) is 0 Å². The summed E-state index contributed by atoms with van der Waals surface area (Å²) in [6, 6.07) is 6.42. The van der Waals surface area contributed by atoms with E-state index < -0.39 is 0 Å². The maximum absolute atomic E-state index is 13.8. The Morgan fingerprint density at radius 2 is 2.13 bits per heavy atom. The quantitative estimate of drug-likeness (QED) is 0.454. The monoisotopic (exact) mass is 430 g/mol. The first-order chi connectivity index (χ1) is 10.6. The summed E-state index contributed by atoms with van der Waals surface area (Å²) in [7, 11) is 0. The molecule has 1 heterocycles. The number of guanidine groups is 1. The van der Waals surface area contributed by atoms with Gasteiger partial charge in [0.2, 0.25) is 0 Å². The van der Waals surface area contributed by atoms with Gasteiger partial charge in [0.1, 0.15) is 5.82 Å².